The van der Waals surface area contributed by atoms with E-state index in [1.165, 1.54) is 0 Å². The molecule has 7 heteroatoms. The number of ether oxygens (including phenoxy) is 1. The highest BCUT2D eigenvalue weighted by atomic mass is 32.1. The first-order valence-corrected chi connectivity index (χ1v) is 8.07. The molecule has 5 nitrogen and oxygen atoms in total. The molecule has 0 aliphatic rings. The van der Waals surface area contributed by atoms with E-state index in [-0.39, 0.29) is 6.35 Å². The first kappa shape index (κ1) is 14.8. The Bertz CT molecular complexity index is 372. The molecule has 0 aliphatic carbocycles. The van der Waals surface area contributed by atoms with Gasteiger partial charge in [-0.15, -0.1) is 11.3 Å². The summed E-state index contributed by atoms with van der Waals surface area (Å²) in [4.78, 5) is 4.24. The van der Waals surface area contributed by atoms with Crippen LogP contribution in [0.4, 0.5) is 0 Å². The van der Waals surface area contributed by atoms with E-state index in [2.05, 4.69) is 4.98 Å². The number of aryl methyl sites for hydroxylation is 1. The minimum atomic E-state index is -3.10. The number of thiazole rings is 1. The lowest BCUT2D eigenvalue weighted by atomic mass is 10.5. The van der Waals surface area contributed by atoms with Crippen molar-refractivity contribution in [3.05, 3.63) is 16.1 Å². The van der Waals surface area contributed by atoms with Gasteiger partial charge in [0.15, 0.2) is 0 Å². The van der Waals surface area contributed by atoms with Crippen LogP contribution >= 0.6 is 18.9 Å². The standard InChI is InChI=1S/C10H18NO4PS/c1-4-14-16(12,15-5-2)8-13-6-10-7-17-9(3)11-10/h7H,4-6,8H2,1-3H3. The van der Waals surface area contributed by atoms with Crippen molar-refractivity contribution in [1.82, 2.24) is 4.98 Å². The number of hydrogen-bond donors (Lipinski definition) is 0. The average molecular weight is 279 g/mol. The van der Waals surface area contributed by atoms with E-state index in [1.54, 1.807) is 25.2 Å². The van der Waals surface area contributed by atoms with Gasteiger partial charge in [0.25, 0.3) is 0 Å². The van der Waals surface area contributed by atoms with E-state index in [0.29, 0.717) is 19.8 Å². The second-order valence-electron chi connectivity index (χ2n) is 3.28. The van der Waals surface area contributed by atoms with Gasteiger partial charge in [0.2, 0.25) is 0 Å². The van der Waals surface area contributed by atoms with Crippen molar-refractivity contribution >= 4 is 18.9 Å². The molecule has 98 valence electrons. The van der Waals surface area contributed by atoms with Gasteiger partial charge in [-0.25, -0.2) is 4.98 Å². The predicted molar refractivity (Wildman–Crippen MR) is 67.4 cm³/mol. The number of hydrogen-bond acceptors (Lipinski definition) is 6. The van der Waals surface area contributed by atoms with Crippen molar-refractivity contribution in [2.45, 2.75) is 27.4 Å². The first-order chi connectivity index (χ1) is 8.09. The van der Waals surface area contributed by atoms with Gasteiger partial charge in [-0.1, -0.05) is 0 Å². The maximum absolute atomic E-state index is 12.0. The molecule has 1 heterocycles. The van der Waals surface area contributed by atoms with E-state index < -0.39 is 7.60 Å². The van der Waals surface area contributed by atoms with Gasteiger partial charge in [0, 0.05) is 5.38 Å². The molecule has 0 atom stereocenters. The molecular formula is C10H18NO4PS. The summed E-state index contributed by atoms with van der Waals surface area (Å²) in [6, 6.07) is 0. The maximum atomic E-state index is 12.0. The minimum absolute atomic E-state index is 0.0365. The maximum Gasteiger partial charge on any atom is 0.356 e. The normalized spacial score (nSPS) is 11.9. The molecule has 0 saturated carbocycles. The molecule has 1 rings (SSSR count). The molecule has 0 radical (unpaired) electrons. The monoisotopic (exact) mass is 279 g/mol. The summed E-state index contributed by atoms with van der Waals surface area (Å²) in [5.74, 6) is 0. The number of rotatable bonds is 8. The topological polar surface area (TPSA) is 57.7 Å². The summed E-state index contributed by atoms with van der Waals surface area (Å²) in [7, 11) is -3.10. The van der Waals surface area contributed by atoms with Crippen LogP contribution in [0.2, 0.25) is 0 Å². The van der Waals surface area contributed by atoms with Crippen LogP contribution in [0.3, 0.4) is 0 Å². The number of aromatic nitrogens is 1. The largest absolute Gasteiger partial charge is 0.362 e. The zero-order valence-corrected chi connectivity index (χ0v) is 12.1. The fourth-order valence-corrected chi connectivity index (χ4v) is 3.16. The van der Waals surface area contributed by atoms with E-state index in [9.17, 15) is 4.57 Å². The second-order valence-corrected chi connectivity index (χ2v) is 6.34. The lowest BCUT2D eigenvalue weighted by Crippen LogP contribution is -2.03. The van der Waals surface area contributed by atoms with Crippen LogP contribution < -0.4 is 0 Å². The van der Waals surface area contributed by atoms with Gasteiger partial charge in [0.05, 0.1) is 30.5 Å². The lowest BCUT2D eigenvalue weighted by Gasteiger charge is -2.16. The quantitative estimate of drug-likeness (QED) is 0.684. The number of nitrogens with zero attached hydrogens (tertiary/aromatic N) is 1. The Morgan fingerprint density at radius 2 is 2.00 bits per heavy atom. The van der Waals surface area contributed by atoms with Crippen molar-refractivity contribution in [3.8, 4) is 0 Å². The highest BCUT2D eigenvalue weighted by Gasteiger charge is 2.23. The molecular weight excluding hydrogens is 261 g/mol. The molecule has 0 aliphatic heterocycles. The highest BCUT2D eigenvalue weighted by molar-refractivity contribution is 7.53. The van der Waals surface area contributed by atoms with Gasteiger partial charge in [-0.2, -0.15) is 0 Å². The second kappa shape index (κ2) is 7.24. The van der Waals surface area contributed by atoms with Gasteiger partial charge in [-0.05, 0) is 20.8 Å². The summed E-state index contributed by atoms with van der Waals surface area (Å²) in [6.45, 7) is 6.49. The molecule has 0 spiro atoms. The van der Waals surface area contributed by atoms with E-state index in [4.69, 9.17) is 13.8 Å². The van der Waals surface area contributed by atoms with Crippen LogP contribution in [0, 0.1) is 6.92 Å². The summed E-state index contributed by atoms with van der Waals surface area (Å²) >= 11 is 1.56. The Hall–Kier alpha value is -0.260. The molecule has 0 aromatic carbocycles. The highest BCUT2D eigenvalue weighted by Crippen LogP contribution is 2.47. The third-order valence-electron chi connectivity index (χ3n) is 1.82. The summed E-state index contributed by atoms with van der Waals surface area (Å²) in [5, 5.41) is 2.91. The summed E-state index contributed by atoms with van der Waals surface area (Å²) in [5.41, 5.74) is 0.840. The summed E-state index contributed by atoms with van der Waals surface area (Å²) < 4.78 is 27.6. The van der Waals surface area contributed by atoms with E-state index in [1.807, 2.05) is 12.3 Å². The van der Waals surface area contributed by atoms with Crippen LogP contribution in [0.25, 0.3) is 0 Å². The Balaban J connectivity index is 2.39. The Morgan fingerprint density at radius 1 is 1.35 bits per heavy atom. The fraction of sp³-hybridized carbons (Fsp3) is 0.700. The van der Waals surface area contributed by atoms with Crippen LogP contribution in [-0.4, -0.2) is 24.5 Å². The van der Waals surface area contributed by atoms with Gasteiger partial charge in [-0.3, -0.25) is 4.57 Å². The molecule has 1 aromatic heterocycles. The molecule has 0 saturated heterocycles. The summed E-state index contributed by atoms with van der Waals surface area (Å²) in [6.07, 6.45) is -0.0365. The smallest absolute Gasteiger partial charge is 0.356 e. The van der Waals surface area contributed by atoms with Crippen molar-refractivity contribution < 1.29 is 18.3 Å². The molecule has 0 N–H and O–H groups in total. The van der Waals surface area contributed by atoms with Crippen molar-refractivity contribution in [2.24, 2.45) is 0 Å². The Labute approximate surface area is 106 Å². The molecule has 0 amide bonds. The average Bonchev–Trinajstić information content (AvgIpc) is 2.65. The van der Waals surface area contributed by atoms with Crippen molar-refractivity contribution in [1.29, 1.82) is 0 Å². The third kappa shape index (κ3) is 5.27. The van der Waals surface area contributed by atoms with Crippen LogP contribution in [-0.2, 0) is 25.0 Å². The predicted octanol–water partition coefficient (Wildman–Crippen LogP) is 3.19. The zero-order chi connectivity index (χ0) is 12.7. The van der Waals surface area contributed by atoms with Gasteiger partial charge < -0.3 is 13.8 Å². The van der Waals surface area contributed by atoms with E-state index in [0.717, 1.165) is 10.7 Å². The Morgan fingerprint density at radius 3 is 2.47 bits per heavy atom. The molecule has 17 heavy (non-hydrogen) atoms. The zero-order valence-electron chi connectivity index (χ0n) is 10.3. The molecule has 0 fully saturated rings. The van der Waals surface area contributed by atoms with Crippen molar-refractivity contribution in [3.63, 3.8) is 0 Å². The van der Waals surface area contributed by atoms with Crippen LogP contribution in [0.1, 0.15) is 24.5 Å². The van der Waals surface area contributed by atoms with Crippen molar-refractivity contribution in [2.75, 3.05) is 19.6 Å². The lowest BCUT2D eigenvalue weighted by molar-refractivity contribution is 0.121. The molecule has 0 unspecified atom stereocenters. The third-order valence-corrected chi connectivity index (χ3v) is 4.44. The Kier molecular flexibility index (Phi) is 6.30. The SMILES string of the molecule is CCOP(=O)(COCc1csc(C)n1)OCC. The van der Waals surface area contributed by atoms with Gasteiger partial charge >= 0.3 is 7.60 Å². The molecule has 0 bridgehead atoms. The van der Waals surface area contributed by atoms with Crippen LogP contribution in [0.5, 0.6) is 0 Å². The van der Waals surface area contributed by atoms with Crippen LogP contribution in [0.15, 0.2) is 5.38 Å². The fourth-order valence-electron chi connectivity index (χ4n) is 1.24. The molecule has 1 aromatic rings. The van der Waals surface area contributed by atoms with E-state index >= 15 is 0 Å². The van der Waals surface area contributed by atoms with Gasteiger partial charge in [0.1, 0.15) is 6.35 Å². The minimum Gasteiger partial charge on any atom is -0.362 e. The first-order valence-electron chi connectivity index (χ1n) is 5.46.